The van der Waals surface area contributed by atoms with Crippen molar-refractivity contribution in [3.63, 3.8) is 0 Å². The zero-order chi connectivity index (χ0) is 16.3. The van der Waals surface area contributed by atoms with Crippen molar-refractivity contribution in [1.82, 2.24) is 14.0 Å². The lowest BCUT2D eigenvalue weighted by Gasteiger charge is -2.31. The van der Waals surface area contributed by atoms with Gasteiger partial charge in [-0.3, -0.25) is 14.2 Å². The van der Waals surface area contributed by atoms with Gasteiger partial charge < -0.3 is 9.64 Å². The maximum Gasteiger partial charge on any atom is 0.331 e. The van der Waals surface area contributed by atoms with Crippen LogP contribution in [0.5, 0.6) is 0 Å². The summed E-state index contributed by atoms with van der Waals surface area (Å²) < 4.78 is 7.43. The lowest BCUT2D eigenvalue weighted by atomic mass is 10.3. The first-order valence-corrected chi connectivity index (χ1v) is 7.11. The maximum absolute atomic E-state index is 12.3. The van der Waals surface area contributed by atoms with Gasteiger partial charge in [0.05, 0.1) is 12.7 Å². The molecule has 0 saturated carbocycles. The fourth-order valence-corrected chi connectivity index (χ4v) is 2.38. The summed E-state index contributed by atoms with van der Waals surface area (Å²) in [6.07, 6.45) is 1.15. The van der Waals surface area contributed by atoms with E-state index in [1.807, 2.05) is 6.92 Å². The van der Waals surface area contributed by atoms with E-state index in [2.05, 4.69) is 0 Å². The van der Waals surface area contributed by atoms with Crippen LogP contribution >= 0.6 is 0 Å². The average molecular weight is 306 g/mol. The largest absolute Gasteiger partial charge is 0.375 e. The van der Waals surface area contributed by atoms with Gasteiger partial charge in [-0.25, -0.2) is 9.36 Å². The van der Waals surface area contributed by atoms with Crippen LogP contribution in [-0.4, -0.2) is 45.7 Å². The highest BCUT2D eigenvalue weighted by Crippen LogP contribution is 2.05. The number of hydrogen-bond acceptors (Lipinski definition) is 5. The zero-order valence-electron chi connectivity index (χ0n) is 12.6. The number of morpholine rings is 1. The van der Waals surface area contributed by atoms with Crippen LogP contribution in [0.3, 0.4) is 0 Å². The fourth-order valence-electron chi connectivity index (χ4n) is 2.38. The third-order valence-electron chi connectivity index (χ3n) is 3.59. The second-order valence-electron chi connectivity index (χ2n) is 5.14. The van der Waals surface area contributed by atoms with Crippen molar-refractivity contribution >= 4 is 5.91 Å². The standard InChI is InChI=1S/C14H18N4O4/c1-3-16-8-11(6-15)13(20)18(14(16)21)9-12(19)17-4-5-22-10(2)7-17/h8,10H,3-5,7,9H2,1-2H3/t10-/m0/s1. The van der Waals surface area contributed by atoms with Crippen molar-refractivity contribution in [3.8, 4) is 6.07 Å². The van der Waals surface area contributed by atoms with Gasteiger partial charge in [-0.2, -0.15) is 5.26 Å². The average Bonchev–Trinajstić information content (AvgIpc) is 2.51. The van der Waals surface area contributed by atoms with Crippen LogP contribution in [0.15, 0.2) is 15.8 Å². The van der Waals surface area contributed by atoms with Crippen LogP contribution in [0, 0.1) is 11.3 Å². The molecule has 1 aliphatic rings. The van der Waals surface area contributed by atoms with Gasteiger partial charge in [0.15, 0.2) is 0 Å². The van der Waals surface area contributed by atoms with Gasteiger partial charge in [0.2, 0.25) is 5.91 Å². The Hall–Kier alpha value is -2.40. The first-order valence-electron chi connectivity index (χ1n) is 7.11. The summed E-state index contributed by atoms with van der Waals surface area (Å²) in [7, 11) is 0. The Bertz CT molecular complexity index is 728. The highest BCUT2D eigenvalue weighted by atomic mass is 16.5. The Morgan fingerprint density at radius 3 is 2.82 bits per heavy atom. The molecule has 1 aromatic rings. The summed E-state index contributed by atoms with van der Waals surface area (Å²) in [5, 5.41) is 8.98. The second-order valence-corrected chi connectivity index (χ2v) is 5.14. The Kier molecular flexibility index (Phi) is 4.78. The normalized spacial score (nSPS) is 18.0. The summed E-state index contributed by atoms with van der Waals surface area (Å²) in [4.78, 5) is 38.2. The van der Waals surface area contributed by atoms with E-state index in [9.17, 15) is 14.4 Å². The molecule has 2 rings (SSSR count). The number of nitriles is 1. The number of amides is 1. The highest BCUT2D eigenvalue weighted by molar-refractivity contribution is 5.76. The molecule has 8 nitrogen and oxygen atoms in total. The quantitative estimate of drug-likeness (QED) is 0.724. The first-order chi connectivity index (χ1) is 10.5. The predicted molar refractivity (Wildman–Crippen MR) is 77.3 cm³/mol. The van der Waals surface area contributed by atoms with Crippen LogP contribution in [0.1, 0.15) is 19.4 Å². The smallest absolute Gasteiger partial charge is 0.331 e. The number of carbonyl (C=O) groups excluding carboxylic acids is 1. The molecule has 0 N–H and O–H groups in total. The van der Waals surface area contributed by atoms with Crippen molar-refractivity contribution in [3.05, 3.63) is 32.6 Å². The molecular weight excluding hydrogens is 288 g/mol. The molecule has 0 aliphatic carbocycles. The Balaban J connectivity index is 2.33. The van der Waals surface area contributed by atoms with Crippen LogP contribution in [0.4, 0.5) is 0 Å². The number of aromatic nitrogens is 2. The summed E-state index contributed by atoms with van der Waals surface area (Å²) >= 11 is 0. The molecule has 22 heavy (non-hydrogen) atoms. The molecule has 1 atom stereocenters. The van der Waals surface area contributed by atoms with E-state index in [4.69, 9.17) is 10.00 Å². The van der Waals surface area contributed by atoms with E-state index in [1.54, 1.807) is 17.9 Å². The number of rotatable bonds is 3. The molecule has 1 amide bonds. The van der Waals surface area contributed by atoms with Gasteiger partial charge in [-0.15, -0.1) is 0 Å². The van der Waals surface area contributed by atoms with Crippen LogP contribution in [0.25, 0.3) is 0 Å². The summed E-state index contributed by atoms with van der Waals surface area (Å²) in [6.45, 7) is 4.82. The van der Waals surface area contributed by atoms with E-state index in [0.29, 0.717) is 26.2 Å². The lowest BCUT2D eigenvalue weighted by Crippen LogP contribution is -2.49. The number of carbonyl (C=O) groups is 1. The van der Waals surface area contributed by atoms with Crippen LogP contribution in [0.2, 0.25) is 0 Å². The topological polar surface area (TPSA) is 97.3 Å². The Morgan fingerprint density at radius 2 is 2.23 bits per heavy atom. The van der Waals surface area contributed by atoms with Crippen LogP contribution < -0.4 is 11.2 Å². The van der Waals surface area contributed by atoms with Crippen molar-refractivity contribution in [2.75, 3.05) is 19.7 Å². The van der Waals surface area contributed by atoms with Crippen molar-refractivity contribution in [2.24, 2.45) is 0 Å². The molecule has 0 bridgehead atoms. The Labute approximate surface area is 127 Å². The van der Waals surface area contributed by atoms with Gasteiger partial charge in [0.25, 0.3) is 5.56 Å². The third kappa shape index (κ3) is 3.09. The number of hydrogen-bond donors (Lipinski definition) is 0. The van der Waals surface area contributed by atoms with Gasteiger partial charge in [0.1, 0.15) is 18.2 Å². The van der Waals surface area contributed by atoms with Gasteiger partial charge in [-0.1, -0.05) is 0 Å². The number of nitrogens with zero attached hydrogens (tertiary/aromatic N) is 4. The van der Waals surface area contributed by atoms with E-state index in [-0.39, 0.29) is 24.1 Å². The molecule has 8 heteroatoms. The highest BCUT2D eigenvalue weighted by Gasteiger charge is 2.23. The molecule has 0 radical (unpaired) electrons. The minimum atomic E-state index is -0.730. The molecular formula is C14H18N4O4. The molecule has 1 saturated heterocycles. The van der Waals surface area contributed by atoms with E-state index in [0.717, 1.165) is 4.57 Å². The predicted octanol–water partition coefficient (Wildman–Crippen LogP) is -0.851. The molecule has 1 aliphatic heterocycles. The van der Waals surface area contributed by atoms with Crippen molar-refractivity contribution in [1.29, 1.82) is 5.26 Å². The van der Waals surface area contributed by atoms with Gasteiger partial charge in [-0.05, 0) is 13.8 Å². The Morgan fingerprint density at radius 1 is 1.50 bits per heavy atom. The van der Waals surface area contributed by atoms with E-state index in [1.165, 1.54) is 10.8 Å². The SMILES string of the molecule is CCn1cc(C#N)c(=O)n(CC(=O)N2CCO[C@@H](C)C2)c1=O. The monoisotopic (exact) mass is 306 g/mol. The fraction of sp³-hybridized carbons (Fsp3) is 0.571. The lowest BCUT2D eigenvalue weighted by molar-refractivity contribution is -0.138. The first kappa shape index (κ1) is 16.0. The van der Waals surface area contributed by atoms with Crippen LogP contribution in [-0.2, 0) is 22.6 Å². The molecule has 2 heterocycles. The van der Waals surface area contributed by atoms with Gasteiger partial charge >= 0.3 is 5.69 Å². The van der Waals surface area contributed by atoms with E-state index < -0.39 is 11.2 Å². The molecule has 1 fully saturated rings. The number of aryl methyl sites for hydroxylation is 1. The summed E-state index contributed by atoms with van der Waals surface area (Å²) in [5.74, 6) is -0.327. The minimum Gasteiger partial charge on any atom is -0.375 e. The molecule has 118 valence electrons. The van der Waals surface area contributed by atoms with Gasteiger partial charge in [0, 0.05) is 25.8 Å². The third-order valence-corrected chi connectivity index (χ3v) is 3.59. The van der Waals surface area contributed by atoms with E-state index >= 15 is 0 Å². The minimum absolute atomic E-state index is 0.0767. The van der Waals surface area contributed by atoms with Crippen molar-refractivity contribution in [2.45, 2.75) is 33.0 Å². The maximum atomic E-state index is 12.3. The summed E-state index contributed by atoms with van der Waals surface area (Å²) in [5.41, 5.74) is -1.46. The summed E-state index contributed by atoms with van der Waals surface area (Å²) in [6, 6.07) is 1.76. The molecule has 1 aromatic heterocycles. The molecule has 0 unspecified atom stereocenters. The number of ether oxygens (including phenoxy) is 1. The molecule has 0 spiro atoms. The van der Waals surface area contributed by atoms with Crippen molar-refractivity contribution < 1.29 is 9.53 Å². The molecule has 0 aromatic carbocycles. The zero-order valence-corrected chi connectivity index (χ0v) is 12.6. The second kappa shape index (κ2) is 6.58.